The Balaban J connectivity index is 2.02. The highest BCUT2D eigenvalue weighted by atomic mass is 79.9. The highest BCUT2D eigenvalue weighted by Gasteiger charge is 2.15. The monoisotopic (exact) mass is 437 g/mol. The van der Waals surface area contributed by atoms with Gasteiger partial charge in [0, 0.05) is 17.7 Å². The van der Waals surface area contributed by atoms with E-state index in [1.54, 1.807) is 22.8 Å². The number of nitrogens with zero attached hydrogens (tertiary/aromatic N) is 3. The molecule has 0 saturated heterocycles. The van der Waals surface area contributed by atoms with E-state index in [0.29, 0.717) is 33.7 Å². The van der Waals surface area contributed by atoms with Crippen LogP contribution in [-0.4, -0.2) is 40.0 Å². The van der Waals surface area contributed by atoms with E-state index in [0.717, 1.165) is 11.1 Å². The van der Waals surface area contributed by atoms with Crippen molar-refractivity contribution >= 4 is 33.2 Å². The smallest absolute Gasteiger partial charge is 0.255 e. The minimum Gasteiger partial charge on any atom is -0.376 e. The summed E-state index contributed by atoms with van der Waals surface area (Å²) >= 11 is 3.30. The third-order valence-electron chi connectivity index (χ3n) is 3.99. The van der Waals surface area contributed by atoms with Crippen molar-refractivity contribution < 1.29 is 13.6 Å². The molecule has 2 heterocycles. The van der Waals surface area contributed by atoms with Crippen LogP contribution in [0, 0.1) is 6.92 Å². The Hall–Kier alpha value is -2.55. The largest absolute Gasteiger partial charge is 0.376 e. The lowest BCUT2D eigenvalue weighted by Gasteiger charge is -2.10. The van der Waals surface area contributed by atoms with E-state index in [9.17, 15) is 13.6 Å². The summed E-state index contributed by atoms with van der Waals surface area (Å²) in [4.78, 5) is 16.4. The lowest BCUT2D eigenvalue weighted by atomic mass is 10.0. The molecule has 0 aliphatic heterocycles. The predicted octanol–water partition coefficient (Wildman–Crippen LogP) is 3.89. The van der Waals surface area contributed by atoms with Gasteiger partial charge in [0.05, 0.1) is 24.1 Å². The molecule has 6 nitrogen and oxygen atoms in total. The summed E-state index contributed by atoms with van der Waals surface area (Å²) in [6.07, 6.45) is -0.848. The summed E-state index contributed by atoms with van der Waals surface area (Å²) in [5.41, 5.74) is 3.83. The number of fused-ring (bicyclic) bond motifs is 1. The van der Waals surface area contributed by atoms with E-state index in [-0.39, 0.29) is 5.91 Å². The first kappa shape index (κ1) is 19.2. The van der Waals surface area contributed by atoms with Crippen molar-refractivity contribution in [1.82, 2.24) is 19.9 Å². The van der Waals surface area contributed by atoms with Gasteiger partial charge in [0.2, 0.25) is 0 Å². The van der Waals surface area contributed by atoms with Gasteiger partial charge >= 0.3 is 0 Å². The fraction of sp³-hybridized carbons (Fsp3) is 0.278. The fourth-order valence-corrected chi connectivity index (χ4v) is 3.17. The van der Waals surface area contributed by atoms with Gasteiger partial charge in [0.15, 0.2) is 5.65 Å². The number of carbonyl (C=O) groups excluding carboxylic acids is 1. The van der Waals surface area contributed by atoms with Gasteiger partial charge in [0.1, 0.15) is 4.60 Å². The summed E-state index contributed by atoms with van der Waals surface area (Å²) < 4.78 is 27.2. The van der Waals surface area contributed by atoms with Crippen molar-refractivity contribution in [2.45, 2.75) is 20.3 Å². The number of nitrogens with one attached hydrogen (secondary N) is 2. The van der Waals surface area contributed by atoms with Crippen LogP contribution < -0.4 is 10.6 Å². The normalized spacial score (nSPS) is 11.2. The number of aromatic nitrogens is 3. The number of rotatable bonds is 6. The maximum Gasteiger partial charge on any atom is 0.255 e. The second-order valence-electron chi connectivity index (χ2n) is 5.92. The molecule has 0 unspecified atom stereocenters. The van der Waals surface area contributed by atoms with Gasteiger partial charge in [0.25, 0.3) is 12.3 Å². The zero-order valence-corrected chi connectivity index (χ0v) is 16.3. The number of halogens is 3. The van der Waals surface area contributed by atoms with Crippen LogP contribution in [-0.2, 0) is 0 Å². The Kier molecular flexibility index (Phi) is 5.69. The number of hydrogen-bond acceptors (Lipinski definition) is 4. The average molecular weight is 438 g/mol. The molecular formula is C18H18BrF2N5O. The molecule has 2 N–H and O–H groups in total. The second-order valence-corrected chi connectivity index (χ2v) is 6.73. The number of alkyl halides is 2. The molecule has 0 aliphatic carbocycles. The molecule has 3 rings (SSSR count). The van der Waals surface area contributed by atoms with Crippen molar-refractivity contribution in [3.63, 3.8) is 0 Å². The Morgan fingerprint density at radius 2 is 2.11 bits per heavy atom. The molecule has 0 saturated carbocycles. The van der Waals surface area contributed by atoms with Crippen LogP contribution in [0.25, 0.3) is 16.9 Å². The standard InChI is InChI=1S/C18H18BrF2N5O/c1-3-22-18(27)12-5-4-11(6-10(12)2)14-8-24-17-13(23-9-16(20)21)7-15(19)25-26(14)17/h4-8,16,23H,3,9H2,1-2H3,(H,22,27). The molecule has 0 bridgehead atoms. The van der Waals surface area contributed by atoms with Gasteiger partial charge in [-0.15, -0.1) is 0 Å². The predicted molar refractivity (Wildman–Crippen MR) is 103 cm³/mol. The van der Waals surface area contributed by atoms with Gasteiger partial charge in [-0.1, -0.05) is 6.07 Å². The highest BCUT2D eigenvalue weighted by Crippen LogP contribution is 2.27. The first-order chi connectivity index (χ1) is 12.9. The molecule has 1 amide bonds. The van der Waals surface area contributed by atoms with E-state index in [1.165, 1.54) is 0 Å². The van der Waals surface area contributed by atoms with Gasteiger partial charge < -0.3 is 10.6 Å². The molecule has 3 aromatic rings. The lowest BCUT2D eigenvalue weighted by Crippen LogP contribution is -2.23. The van der Waals surface area contributed by atoms with Crippen molar-refractivity contribution in [3.8, 4) is 11.3 Å². The number of benzene rings is 1. The number of carbonyl (C=O) groups is 1. The van der Waals surface area contributed by atoms with E-state index in [4.69, 9.17) is 0 Å². The molecule has 0 atom stereocenters. The van der Waals surface area contributed by atoms with Crippen LogP contribution in [0.2, 0.25) is 0 Å². The summed E-state index contributed by atoms with van der Waals surface area (Å²) in [6, 6.07) is 7.06. The van der Waals surface area contributed by atoms with E-state index in [1.807, 2.05) is 26.0 Å². The number of hydrogen-bond donors (Lipinski definition) is 2. The van der Waals surface area contributed by atoms with Crippen LogP contribution >= 0.6 is 15.9 Å². The molecule has 0 aliphatic rings. The molecule has 1 aromatic carbocycles. The summed E-state index contributed by atoms with van der Waals surface area (Å²) in [5.74, 6) is -0.126. The zero-order valence-electron chi connectivity index (χ0n) is 14.8. The van der Waals surface area contributed by atoms with E-state index in [2.05, 4.69) is 36.6 Å². The van der Waals surface area contributed by atoms with Crippen molar-refractivity contribution in [2.75, 3.05) is 18.4 Å². The summed E-state index contributed by atoms with van der Waals surface area (Å²) in [6.45, 7) is 3.80. The second kappa shape index (κ2) is 7.99. The molecule has 0 fully saturated rings. The molecule has 2 aromatic heterocycles. The summed E-state index contributed by atoms with van der Waals surface area (Å²) in [5, 5.41) is 9.85. The first-order valence-corrected chi connectivity index (χ1v) is 9.15. The van der Waals surface area contributed by atoms with Gasteiger partial charge in [-0.05, 0) is 53.5 Å². The van der Waals surface area contributed by atoms with E-state index >= 15 is 0 Å². The Labute approximate surface area is 163 Å². The van der Waals surface area contributed by atoms with Crippen LogP contribution in [0.3, 0.4) is 0 Å². The lowest BCUT2D eigenvalue weighted by molar-refractivity contribution is 0.0955. The fourth-order valence-electron chi connectivity index (χ4n) is 2.79. The maximum absolute atomic E-state index is 12.5. The maximum atomic E-state index is 12.5. The third-order valence-corrected chi connectivity index (χ3v) is 4.38. The minimum absolute atomic E-state index is 0.126. The number of anilines is 1. The molecule has 0 spiro atoms. The van der Waals surface area contributed by atoms with Crippen LogP contribution in [0.5, 0.6) is 0 Å². The molecule has 0 radical (unpaired) electrons. The van der Waals surface area contributed by atoms with Crippen LogP contribution in [0.15, 0.2) is 35.1 Å². The van der Waals surface area contributed by atoms with Crippen LogP contribution in [0.1, 0.15) is 22.8 Å². The van der Waals surface area contributed by atoms with Crippen LogP contribution in [0.4, 0.5) is 14.5 Å². The number of amides is 1. The van der Waals surface area contributed by atoms with E-state index < -0.39 is 13.0 Å². The number of imidazole rings is 1. The molecular weight excluding hydrogens is 420 g/mol. The molecule has 9 heteroatoms. The molecule has 27 heavy (non-hydrogen) atoms. The minimum atomic E-state index is -2.48. The topological polar surface area (TPSA) is 71.3 Å². The molecule has 142 valence electrons. The van der Waals surface area contributed by atoms with Gasteiger partial charge in [-0.2, -0.15) is 5.10 Å². The van der Waals surface area contributed by atoms with Crippen molar-refractivity contribution in [1.29, 1.82) is 0 Å². The Bertz CT molecular complexity index is 989. The average Bonchev–Trinajstić information content (AvgIpc) is 3.03. The SMILES string of the molecule is CCNC(=O)c1ccc(-c2cnc3c(NCC(F)F)cc(Br)nn23)cc1C. The van der Waals surface area contributed by atoms with Gasteiger partial charge in [-0.3, -0.25) is 4.79 Å². The van der Waals surface area contributed by atoms with Gasteiger partial charge in [-0.25, -0.2) is 18.3 Å². The van der Waals surface area contributed by atoms with Crippen molar-refractivity contribution in [2.24, 2.45) is 0 Å². The first-order valence-electron chi connectivity index (χ1n) is 8.36. The van der Waals surface area contributed by atoms with Crippen molar-refractivity contribution in [3.05, 3.63) is 46.2 Å². The zero-order chi connectivity index (χ0) is 19.6. The quantitative estimate of drug-likeness (QED) is 0.613. The highest BCUT2D eigenvalue weighted by molar-refractivity contribution is 9.10. The summed E-state index contributed by atoms with van der Waals surface area (Å²) in [7, 11) is 0. The Morgan fingerprint density at radius 3 is 2.78 bits per heavy atom. The Morgan fingerprint density at radius 1 is 1.33 bits per heavy atom. The number of aryl methyl sites for hydroxylation is 1. The third kappa shape index (κ3) is 4.08.